The lowest BCUT2D eigenvalue weighted by molar-refractivity contribution is -0.125. The third-order valence-corrected chi connectivity index (χ3v) is 14.4. The molecule has 0 saturated heterocycles. The van der Waals surface area contributed by atoms with E-state index < -0.39 is 64.9 Å². The molecule has 0 spiro atoms. The summed E-state index contributed by atoms with van der Waals surface area (Å²) >= 11 is 0. The number of hydrogen-bond donors (Lipinski definition) is 4. The summed E-state index contributed by atoms with van der Waals surface area (Å²) < 4.78 is 124. The van der Waals surface area contributed by atoms with Gasteiger partial charge in [0.1, 0.15) is 44.4 Å². The summed E-state index contributed by atoms with van der Waals surface area (Å²) in [6.07, 6.45) is 5.58. The molecule has 20 nitrogen and oxygen atoms in total. The summed E-state index contributed by atoms with van der Waals surface area (Å²) in [5.41, 5.74) is 1.79. The molecule has 0 aliphatic carbocycles. The SMILES string of the molecule is CNC(=O)[C@@H](C)Cn1cnc2ccc(-c3cnc(OC)c(NS(=O)(=O)c4ccc(F)cc4F)c3)cc2c1=O.CNC(=O)[C@H](C)Cn1cnc2ccc(-c3cnc(OC)c(NS(=O)(=O)c4ccc(F)cc4F)c3)cc2c1=O. The molecule has 4 N–H and O–H groups in total. The van der Waals surface area contributed by atoms with Crippen LogP contribution in [0.2, 0.25) is 0 Å². The van der Waals surface area contributed by atoms with Crippen molar-refractivity contribution in [2.75, 3.05) is 37.8 Å². The van der Waals surface area contributed by atoms with Gasteiger partial charge < -0.3 is 20.1 Å². The van der Waals surface area contributed by atoms with Crippen molar-refractivity contribution < 1.29 is 53.5 Å². The number of pyridine rings is 2. The normalized spacial score (nSPS) is 12.2. The third-order valence-electron chi connectivity index (χ3n) is 11.6. The fourth-order valence-corrected chi connectivity index (χ4v) is 9.88. The van der Waals surface area contributed by atoms with Crippen molar-refractivity contribution in [1.29, 1.82) is 0 Å². The number of carbonyl (C=O) groups is 2. The van der Waals surface area contributed by atoms with E-state index >= 15 is 0 Å². The Balaban J connectivity index is 0.000000221. The van der Waals surface area contributed by atoms with Gasteiger partial charge in [0, 0.05) is 62.8 Å². The first-order chi connectivity index (χ1) is 36.1. The fraction of sp³-hybridized carbons (Fsp3) is 0.200. The van der Waals surface area contributed by atoms with Crippen LogP contribution in [-0.4, -0.2) is 86.0 Å². The number of fused-ring (bicyclic) bond motifs is 2. The number of hydrogen-bond acceptors (Lipinski definition) is 14. The first-order valence-corrected chi connectivity index (χ1v) is 25.5. The smallest absolute Gasteiger partial charge is 0.264 e. The highest BCUT2D eigenvalue weighted by atomic mass is 32.2. The van der Waals surface area contributed by atoms with Crippen LogP contribution in [0.4, 0.5) is 28.9 Å². The lowest BCUT2D eigenvalue weighted by Crippen LogP contribution is -2.32. The average molecular weight is 1090 g/mol. The van der Waals surface area contributed by atoms with Crippen molar-refractivity contribution in [3.63, 3.8) is 0 Å². The van der Waals surface area contributed by atoms with Gasteiger partial charge in [-0.25, -0.2) is 54.3 Å². The number of nitrogens with one attached hydrogen (secondary N) is 4. The minimum atomic E-state index is -4.47. The fourth-order valence-electron chi connectivity index (χ4n) is 7.66. The van der Waals surface area contributed by atoms with Gasteiger partial charge in [0.15, 0.2) is 0 Å². The number of methoxy groups -OCH3 is 2. The molecule has 0 saturated carbocycles. The molecular weight excluding hydrogens is 1040 g/mol. The van der Waals surface area contributed by atoms with Crippen LogP contribution < -0.4 is 40.7 Å². The third kappa shape index (κ3) is 12.1. The molecule has 2 atom stereocenters. The van der Waals surface area contributed by atoms with E-state index in [1.807, 2.05) is 0 Å². The zero-order valence-corrected chi connectivity index (χ0v) is 42.7. The molecule has 8 aromatic rings. The first-order valence-electron chi connectivity index (χ1n) is 22.5. The maximum Gasteiger partial charge on any atom is 0.264 e. The zero-order chi connectivity index (χ0) is 55.2. The number of amides is 2. The predicted molar refractivity (Wildman–Crippen MR) is 272 cm³/mol. The van der Waals surface area contributed by atoms with Crippen molar-refractivity contribution in [3.8, 4) is 34.0 Å². The van der Waals surface area contributed by atoms with Gasteiger partial charge in [-0.15, -0.1) is 0 Å². The highest BCUT2D eigenvalue weighted by Gasteiger charge is 2.25. The number of carbonyl (C=O) groups excluding carboxylic acids is 2. The van der Waals surface area contributed by atoms with E-state index in [0.717, 1.165) is 24.3 Å². The Morgan fingerprint density at radius 2 is 0.934 bits per heavy atom. The second-order valence-electron chi connectivity index (χ2n) is 16.8. The van der Waals surface area contributed by atoms with Gasteiger partial charge in [-0.05, 0) is 71.8 Å². The topological polar surface area (TPSA) is 265 Å². The van der Waals surface area contributed by atoms with Crippen molar-refractivity contribution in [1.82, 2.24) is 39.7 Å². The van der Waals surface area contributed by atoms with Crippen LogP contribution in [-0.2, 0) is 42.7 Å². The summed E-state index contributed by atoms with van der Waals surface area (Å²) in [5, 5.41) is 5.64. The zero-order valence-electron chi connectivity index (χ0n) is 41.1. The summed E-state index contributed by atoms with van der Waals surface area (Å²) in [5.74, 6) is -5.91. The number of sulfonamides is 2. The maximum absolute atomic E-state index is 14.2. The quantitative estimate of drug-likeness (QED) is 0.0827. The van der Waals surface area contributed by atoms with Crippen LogP contribution in [0.15, 0.2) is 129 Å². The van der Waals surface area contributed by atoms with E-state index in [4.69, 9.17) is 9.47 Å². The first kappa shape index (κ1) is 55.0. The number of anilines is 2. The molecule has 0 aliphatic rings. The molecule has 4 aromatic heterocycles. The highest BCUT2D eigenvalue weighted by molar-refractivity contribution is 7.93. The van der Waals surface area contributed by atoms with Crippen LogP contribution in [0, 0.1) is 35.1 Å². The summed E-state index contributed by atoms with van der Waals surface area (Å²) in [7, 11) is -3.35. The Morgan fingerprint density at radius 1 is 0.553 bits per heavy atom. The van der Waals surface area contributed by atoms with Crippen molar-refractivity contribution in [2.24, 2.45) is 11.8 Å². The molecule has 0 aliphatic heterocycles. The van der Waals surface area contributed by atoms with Crippen LogP contribution in [0.3, 0.4) is 0 Å². The Morgan fingerprint density at radius 3 is 1.28 bits per heavy atom. The average Bonchev–Trinajstić information content (AvgIpc) is 3.39. The largest absolute Gasteiger partial charge is 0.480 e. The van der Waals surface area contributed by atoms with Crippen molar-refractivity contribution in [2.45, 2.75) is 36.7 Å². The van der Waals surface area contributed by atoms with Gasteiger partial charge in [-0.2, -0.15) is 0 Å². The molecule has 76 heavy (non-hydrogen) atoms. The Kier molecular flexibility index (Phi) is 16.5. The number of ether oxygens (including phenoxy) is 2. The van der Waals surface area contributed by atoms with Crippen LogP contribution in [0.5, 0.6) is 11.8 Å². The molecule has 0 unspecified atom stereocenters. The standard InChI is InChI=1S/2C25H23F2N5O5S/c2*1-14(23(33)28-2)12-32-13-30-20-6-4-15(8-18(20)25(32)34)16-9-21(24(37-3)29-11-16)31-38(35,36)22-7-5-17(26)10-19(22)27/h2*4-11,13-14,31H,12H2,1-3H3,(H,28,33)/t2*14-/m10/s1. The number of aromatic nitrogens is 6. The molecular formula is C50H46F4N10O10S2. The van der Waals surface area contributed by atoms with Gasteiger partial charge in [-0.1, -0.05) is 26.0 Å². The van der Waals surface area contributed by atoms with Gasteiger partial charge in [0.2, 0.25) is 23.6 Å². The molecule has 4 aromatic carbocycles. The van der Waals surface area contributed by atoms with E-state index in [1.54, 1.807) is 50.2 Å². The predicted octanol–water partition coefficient (Wildman–Crippen LogP) is 5.86. The number of rotatable bonds is 16. The van der Waals surface area contributed by atoms with Crippen LogP contribution >= 0.6 is 0 Å². The number of halogens is 4. The van der Waals surface area contributed by atoms with E-state index in [2.05, 4.69) is 40.0 Å². The molecule has 0 bridgehead atoms. The second-order valence-corrected chi connectivity index (χ2v) is 20.1. The molecule has 8 rings (SSSR count). The van der Waals surface area contributed by atoms with Crippen molar-refractivity contribution >= 4 is 65.0 Å². The molecule has 0 radical (unpaired) electrons. The van der Waals surface area contributed by atoms with Crippen molar-refractivity contribution in [3.05, 3.63) is 154 Å². The van der Waals surface area contributed by atoms with Gasteiger partial charge in [0.05, 0.1) is 60.5 Å². The van der Waals surface area contributed by atoms with Gasteiger partial charge in [-0.3, -0.25) is 37.8 Å². The van der Waals surface area contributed by atoms with E-state index in [-0.39, 0.29) is 69.9 Å². The monoisotopic (exact) mass is 1090 g/mol. The Labute approximate surface area is 430 Å². The lowest BCUT2D eigenvalue weighted by atomic mass is 10.0. The molecule has 4 heterocycles. The minimum absolute atomic E-state index is 0.0900. The van der Waals surface area contributed by atoms with E-state index in [0.29, 0.717) is 45.4 Å². The van der Waals surface area contributed by atoms with Crippen LogP contribution in [0.1, 0.15) is 13.8 Å². The van der Waals surface area contributed by atoms with E-state index in [9.17, 15) is 53.6 Å². The number of benzene rings is 4. The van der Waals surface area contributed by atoms with Gasteiger partial charge in [0.25, 0.3) is 31.2 Å². The number of nitrogens with zero attached hydrogens (tertiary/aromatic N) is 6. The summed E-state index contributed by atoms with van der Waals surface area (Å²) in [4.78, 5) is 65.4. The lowest BCUT2D eigenvalue weighted by Gasteiger charge is -2.14. The summed E-state index contributed by atoms with van der Waals surface area (Å²) in [6.45, 7) is 3.63. The highest BCUT2D eigenvalue weighted by Crippen LogP contribution is 2.33. The Hall–Kier alpha value is -8.78. The second kappa shape index (κ2) is 22.8. The maximum atomic E-state index is 14.2. The molecule has 26 heteroatoms. The Bertz CT molecular complexity index is 3670. The molecule has 396 valence electrons. The van der Waals surface area contributed by atoms with Crippen LogP contribution in [0.25, 0.3) is 44.1 Å². The molecule has 0 fully saturated rings. The van der Waals surface area contributed by atoms with E-state index in [1.165, 1.54) is 74.6 Å². The molecule has 2 amide bonds. The minimum Gasteiger partial charge on any atom is -0.480 e. The summed E-state index contributed by atoms with van der Waals surface area (Å²) in [6, 6.07) is 16.8. The van der Waals surface area contributed by atoms with Gasteiger partial charge >= 0.3 is 0 Å².